The summed E-state index contributed by atoms with van der Waals surface area (Å²) in [5.74, 6) is -0.841. The molecule has 0 bridgehead atoms. The van der Waals surface area contributed by atoms with Crippen molar-refractivity contribution in [3.8, 4) is 11.5 Å². The monoisotopic (exact) mass is 851 g/mol. The lowest BCUT2D eigenvalue weighted by Crippen LogP contribution is -2.58. The zero-order valence-electron chi connectivity index (χ0n) is 33.1. The SMILES string of the molecule is CCCOC(=O)[C@H](C)NP(=O)(Cc1ccc2sc(C(=O)N[C@H]3CCC[C@H]4CC[C@@H](C(=O)N5CC(c6cnc(C(F)F)cc6OC)C5)N4C3=O)cc2c1)Oc1ccccc1. The van der Waals surface area contributed by atoms with Crippen LogP contribution in [0.2, 0.25) is 0 Å². The second kappa shape index (κ2) is 18.1. The molecular formula is C42H48F2N5O8PS. The van der Waals surface area contributed by atoms with Crippen molar-refractivity contribution < 1.29 is 46.5 Å². The number of fused-ring (bicyclic) bond motifs is 2. The van der Waals surface area contributed by atoms with Gasteiger partial charge in [-0.1, -0.05) is 31.2 Å². The van der Waals surface area contributed by atoms with E-state index in [-0.39, 0.29) is 42.2 Å². The summed E-state index contributed by atoms with van der Waals surface area (Å²) in [6.45, 7) is 4.41. The molecule has 0 aliphatic carbocycles. The first kappa shape index (κ1) is 42.2. The Kier molecular flexibility index (Phi) is 13.0. The Bertz CT molecular complexity index is 2240. The molecule has 3 amide bonds. The summed E-state index contributed by atoms with van der Waals surface area (Å²) >= 11 is 1.27. The highest BCUT2D eigenvalue weighted by Gasteiger charge is 2.48. The van der Waals surface area contributed by atoms with Crippen molar-refractivity contribution in [3.63, 3.8) is 0 Å². The molecule has 17 heteroatoms. The van der Waals surface area contributed by atoms with Crippen LogP contribution in [0.3, 0.4) is 0 Å². The van der Waals surface area contributed by atoms with Crippen molar-refractivity contribution in [1.29, 1.82) is 0 Å². The smallest absolute Gasteiger partial charge is 0.323 e. The summed E-state index contributed by atoms with van der Waals surface area (Å²) in [5, 5.41) is 6.59. The molecule has 3 aliphatic rings. The Labute approximate surface area is 345 Å². The average Bonchev–Trinajstić information content (AvgIpc) is 3.79. The molecule has 7 rings (SSSR count). The molecule has 0 radical (unpaired) electrons. The van der Waals surface area contributed by atoms with Gasteiger partial charge in [0, 0.05) is 47.6 Å². The van der Waals surface area contributed by atoms with E-state index >= 15 is 0 Å². The number of esters is 1. The van der Waals surface area contributed by atoms with E-state index in [1.54, 1.807) is 53.1 Å². The summed E-state index contributed by atoms with van der Waals surface area (Å²) in [5.41, 5.74) is 0.937. The summed E-state index contributed by atoms with van der Waals surface area (Å²) in [4.78, 5) is 61.9. The van der Waals surface area contributed by atoms with Crippen LogP contribution in [0.5, 0.6) is 11.5 Å². The molecule has 2 N–H and O–H groups in total. The summed E-state index contributed by atoms with van der Waals surface area (Å²) in [7, 11) is -2.30. The minimum atomic E-state index is -3.71. The third-order valence-corrected chi connectivity index (χ3v) is 14.2. The van der Waals surface area contributed by atoms with Gasteiger partial charge < -0.3 is 29.1 Å². The molecule has 4 aromatic rings. The van der Waals surface area contributed by atoms with Crippen molar-refractivity contribution in [2.45, 2.75) is 95.0 Å². The van der Waals surface area contributed by atoms with Crippen LogP contribution in [-0.2, 0) is 29.8 Å². The van der Waals surface area contributed by atoms with Crippen molar-refractivity contribution in [2.75, 3.05) is 26.8 Å². The fourth-order valence-corrected chi connectivity index (χ4v) is 11.1. The van der Waals surface area contributed by atoms with Gasteiger partial charge in [0.05, 0.1) is 24.8 Å². The molecule has 0 spiro atoms. The van der Waals surface area contributed by atoms with Crippen LogP contribution in [0.15, 0.2) is 66.9 Å². The largest absolute Gasteiger partial charge is 0.496 e. The van der Waals surface area contributed by atoms with E-state index in [1.807, 2.05) is 25.1 Å². The number of carbonyl (C=O) groups excluding carboxylic acids is 4. The number of halogens is 2. The minimum absolute atomic E-state index is 0.0496. The number of hydrogen-bond donors (Lipinski definition) is 2. The minimum Gasteiger partial charge on any atom is -0.496 e. The van der Waals surface area contributed by atoms with Crippen molar-refractivity contribution in [2.24, 2.45) is 0 Å². The van der Waals surface area contributed by atoms with Crippen LogP contribution in [0.4, 0.5) is 8.78 Å². The Morgan fingerprint density at radius 2 is 1.81 bits per heavy atom. The van der Waals surface area contributed by atoms with E-state index in [0.29, 0.717) is 72.7 Å². The van der Waals surface area contributed by atoms with Gasteiger partial charge in [-0.3, -0.25) is 28.7 Å². The number of carbonyl (C=O) groups is 4. The number of alkyl halides is 2. The van der Waals surface area contributed by atoms with Crippen molar-refractivity contribution >= 4 is 52.6 Å². The van der Waals surface area contributed by atoms with E-state index in [2.05, 4.69) is 15.4 Å². The van der Waals surface area contributed by atoms with E-state index in [0.717, 1.165) is 16.5 Å². The number of likely N-dealkylation sites (tertiary alicyclic amines) is 1. The van der Waals surface area contributed by atoms with E-state index < -0.39 is 43.9 Å². The standard InChI is InChI=1S/C42H48F2N5O8PS/c1-4-17-56-42(53)25(2)47-58(54,57-30-10-6-5-7-11-30)24-26-13-16-36-27(18-26)19-37(59-36)39(50)46-32-12-8-9-29-14-15-34(49(29)40(32)51)41(52)48-22-28(23-48)31-21-45-33(38(43)44)20-35(31)55-3/h5-7,10-11,13,16,18-21,25,28-29,32,34,38H,4,8-9,12,14-15,17,22-24H2,1-3H3,(H,46,50)(H,47,54)/t25-,29-,32-,34-,58?/m0/s1. The topological polar surface area (TPSA) is 156 Å². The van der Waals surface area contributed by atoms with Gasteiger partial charge >= 0.3 is 13.5 Å². The lowest BCUT2D eigenvalue weighted by molar-refractivity contribution is -0.148. The maximum absolute atomic E-state index is 14.3. The van der Waals surface area contributed by atoms with Crippen LogP contribution in [-0.4, -0.2) is 89.4 Å². The fraction of sp³-hybridized carbons (Fsp3) is 0.452. The number of benzene rings is 2. The number of methoxy groups -OCH3 is 1. The predicted octanol–water partition coefficient (Wildman–Crippen LogP) is 7.21. The van der Waals surface area contributed by atoms with Crippen LogP contribution in [0.25, 0.3) is 10.1 Å². The lowest BCUT2D eigenvalue weighted by Gasteiger charge is -2.42. The Morgan fingerprint density at radius 3 is 2.54 bits per heavy atom. The third-order valence-electron chi connectivity index (χ3n) is 11.1. The van der Waals surface area contributed by atoms with Gasteiger partial charge in [-0.2, -0.15) is 0 Å². The lowest BCUT2D eigenvalue weighted by atomic mass is 9.90. The zero-order chi connectivity index (χ0) is 41.8. The highest BCUT2D eigenvalue weighted by molar-refractivity contribution is 7.56. The van der Waals surface area contributed by atoms with Gasteiger partial charge in [0.15, 0.2) is 0 Å². The van der Waals surface area contributed by atoms with Gasteiger partial charge in [0.1, 0.15) is 35.3 Å². The number of aromatic nitrogens is 1. The predicted molar refractivity (Wildman–Crippen MR) is 218 cm³/mol. The Morgan fingerprint density at radius 1 is 1.03 bits per heavy atom. The number of thiophene rings is 1. The normalized spacial score (nSPS) is 21.0. The molecule has 3 fully saturated rings. The first-order valence-corrected chi connectivity index (χ1v) is 22.5. The van der Waals surface area contributed by atoms with Crippen LogP contribution in [0.1, 0.15) is 91.2 Å². The number of rotatable bonds is 15. The van der Waals surface area contributed by atoms with Gasteiger partial charge in [-0.15, -0.1) is 11.3 Å². The third kappa shape index (κ3) is 9.45. The highest BCUT2D eigenvalue weighted by Crippen LogP contribution is 2.48. The molecule has 0 saturated carbocycles. The van der Waals surface area contributed by atoms with Gasteiger partial charge in [0.2, 0.25) is 11.8 Å². The van der Waals surface area contributed by atoms with Gasteiger partial charge in [0.25, 0.3) is 12.3 Å². The quantitative estimate of drug-likeness (QED) is 0.0926. The van der Waals surface area contributed by atoms with Gasteiger partial charge in [-0.05, 0) is 86.7 Å². The molecule has 3 saturated heterocycles. The molecule has 2 aromatic carbocycles. The fourth-order valence-electron chi connectivity index (χ4n) is 8.07. The Hall–Kier alpha value is -4.92. The summed E-state index contributed by atoms with van der Waals surface area (Å²) in [6, 6.07) is 14.7. The maximum Gasteiger partial charge on any atom is 0.323 e. The molecule has 5 heterocycles. The highest BCUT2D eigenvalue weighted by atomic mass is 32.1. The number of ether oxygens (including phenoxy) is 2. The molecule has 59 heavy (non-hydrogen) atoms. The van der Waals surface area contributed by atoms with Crippen LogP contribution in [0, 0.1) is 0 Å². The molecule has 314 valence electrons. The van der Waals surface area contributed by atoms with E-state index in [9.17, 15) is 32.5 Å². The van der Waals surface area contributed by atoms with E-state index in [1.165, 1.54) is 30.7 Å². The van der Waals surface area contributed by atoms with Crippen molar-refractivity contribution in [1.82, 2.24) is 25.2 Å². The number of nitrogens with one attached hydrogen (secondary N) is 2. The number of pyridine rings is 1. The van der Waals surface area contributed by atoms with Crippen LogP contribution < -0.4 is 19.7 Å². The number of hydrogen-bond acceptors (Lipinski definition) is 10. The average molecular weight is 852 g/mol. The molecule has 3 aliphatic heterocycles. The second-order valence-corrected chi connectivity index (χ2v) is 18.5. The summed E-state index contributed by atoms with van der Waals surface area (Å²) in [6.07, 6.45) is 2.33. The zero-order valence-corrected chi connectivity index (χ0v) is 34.8. The van der Waals surface area contributed by atoms with Crippen molar-refractivity contribution in [3.05, 3.63) is 88.6 Å². The maximum atomic E-state index is 14.3. The molecule has 1 unspecified atom stereocenters. The number of para-hydroxylation sites is 1. The second-order valence-electron chi connectivity index (χ2n) is 15.3. The summed E-state index contributed by atoms with van der Waals surface area (Å²) < 4.78 is 58.1. The Balaban J connectivity index is 1.01. The molecule has 13 nitrogen and oxygen atoms in total. The van der Waals surface area contributed by atoms with E-state index in [4.69, 9.17) is 14.0 Å². The van der Waals surface area contributed by atoms with Gasteiger partial charge in [-0.25, -0.2) is 13.9 Å². The number of amides is 3. The number of nitrogens with zero attached hydrogens (tertiary/aromatic N) is 3. The van der Waals surface area contributed by atoms with Crippen LogP contribution >= 0.6 is 18.9 Å². The first-order chi connectivity index (χ1) is 28.4. The molecule has 2 aromatic heterocycles. The first-order valence-electron chi connectivity index (χ1n) is 19.9. The molecular weight excluding hydrogens is 804 g/mol. The molecule has 5 atom stereocenters.